The summed E-state index contributed by atoms with van der Waals surface area (Å²) in [6.07, 6.45) is -0.0394. The summed E-state index contributed by atoms with van der Waals surface area (Å²) in [6, 6.07) is 16.2. The molecule has 0 amide bonds. The van der Waals surface area contributed by atoms with Crippen LogP contribution in [0.5, 0.6) is 0 Å². The van der Waals surface area contributed by atoms with E-state index in [1.165, 1.54) is 6.07 Å². The van der Waals surface area contributed by atoms with Crippen molar-refractivity contribution in [3.63, 3.8) is 0 Å². The first kappa shape index (κ1) is 24.6. The van der Waals surface area contributed by atoms with Crippen molar-refractivity contribution in [1.82, 2.24) is 9.78 Å². The normalized spacial score (nSPS) is 12.1. The van der Waals surface area contributed by atoms with Gasteiger partial charge in [-0.05, 0) is 49.4 Å². The zero-order valence-corrected chi connectivity index (χ0v) is 20.7. The molecule has 0 radical (unpaired) electrons. The van der Waals surface area contributed by atoms with Gasteiger partial charge in [-0.3, -0.25) is 4.79 Å². The molecule has 1 aromatic heterocycles. The predicted octanol–water partition coefficient (Wildman–Crippen LogP) is 8.01. The second-order valence-electron chi connectivity index (χ2n) is 7.78. The van der Waals surface area contributed by atoms with E-state index in [0.717, 1.165) is 5.56 Å². The predicted molar refractivity (Wildman–Crippen MR) is 134 cm³/mol. The Morgan fingerprint density at radius 1 is 0.971 bits per heavy atom. The summed E-state index contributed by atoms with van der Waals surface area (Å²) in [5.41, 5.74) is 3.12. The number of halogens is 5. The van der Waals surface area contributed by atoms with E-state index in [2.05, 4.69) is 5.10 Å². The largest absolute Gasteiger partial charge is 0.481 e. The molecule has 1 unspecified atom stereocenters. The van der Waals surface area contributed by atoms with Gasteiger partial charge in [0.15, 0.2) is 0 Å². The number of hydrogen-bond donors (Lipinski definition) is 1. The molecular weight excluding hydrogens is 521 g/mol. The van der Waals surface area contributed by atoms with Gasteiger partial charge in [0.25, 0.3) is 0 Å². The Balaban J connectivity index is 1.85. The van der Waals surface area contributed by atoms with Gasteiger partial charge in [-0.2, -0.15) is 5.10 Å². The Morgan fingerprint density at radius 3 is 2.41 bits per heavy atom. The number of hydrogen-bond acceptors (Lipinski definition) is 2. The van der Waals surface area contributed by atoms with Crippen molar-refractivity contribution >= 4 is 52.4 Å². The minimum atomic E-state index is -1.15. The van der Waals surface area contributed by atoms with Gasteiger partial charge in [0.1, 0.15) is 5.82 Å². The molecule has 0 aliphatic rings. The highest BCUT2D eigenvalue weighted by Crippen LogP contribution is 2.34. The van der Waals surface area contributed by atoms with Crippen LogP contribution in [0.2, 0.25) is 20.1 Å². The first-order valence-corrected chi connectivity index (χ1v) is 11.6. The molecule has 0 fully saturated rings. The maximum Gasteiger partial charge on any atom is 0.311 e. The summed E-state index contributed by atoms with van der Waals surface area (Å²) < 4.78 is 16.1. The number of carboxylic acids is 1. The molecule has 1 atom stereocenters. The van der Waals surface area contributed by atoms with E-state index >= 15 is 0 Å². The number of rotatable bonds is 6. The van der Waals surface area contributed by atoms with Crippen LogP contribution in [-0.2, 0) is 11.2 Å². The minimum absolute atomic E-state index is 0.0394. The number of carboxylic acid groups (broad SMARTS) is 1. The number of benzene rings is 3. The molecule has 1 heterocycles. The Hall–Kier alpha value is -2.57. The SMILES string of the molecule is Cc1ccc(F)c(C(Cc2cc(-c3ccc(Cl)c(Cl)c3)n(-c3ccc(Cl)cc3Cl)n2)C(=O)O)c1. The van der Waals surface area contributed by atoms with Gasteiger partial charge in [0, 0.05) is 22.6 Å². The molecule has 3 aromatic carbocycles. The topological polar surface area (TPSA) is 55.1 Å². The van der Waals surface area contributed by atoms with Crippen LogP contribution in [0.1, 0.15) is 22.7 Å². The standard InChI is InChI=1S/C25H17Cl4FN2O2/c1-13-2-6-22(30)17(8-13)18(25(33)34)11-16-12-24(14-3-5-19(27)20(28)9-14)32(31-16)23-7-4-15(26)10-21(23)29/h2-10,12,18H,11H2,1H3,(H,33,34). The minimum Gasteiger partial charge on any atom is -0.481 e. The van der Waals surface area contributed by atoms with Gasteiger partial charge in [-0.1, -0.05) is 70.2 Å². The lowest BCUT2D eigenvalue weighted by atomic mass is 9.92. The van der Waals surface area contributed by atoms with E-state index in [4.69, 9.17) is 46.4 Å². The monoisotopic (exact) mass is 536 g/mol. The van der Waals surface area contributed by atoms with E-state index in [-0.39, 0.29) is 12.0 Å². The van der Waals surface area contributed by atoms with Crippen molar-refractivity contribution in [2.24, 2.45) is 0 Å². The number of aliphatic carboxylic acids is 1. The molecule has 1 N–H and O–H groups in total. The van der Waals surface area contributed by atoms with Crippen LogP contribution in [0.25, 0.3) is 16.9 Å². The first-order valence-electron chi connectivity index (χ1n) is 10.1. The first-order chi connectivity index (χ1) is 16.1. The fourth-order valence-corrected chi connectivity index (χ4v) is 4.48. The molecule has 0 aliphatic carbocycles. The molecule has 4 rings (SSSR count). The van der Waals surface area contributed by atoms with Crippen molar-refractivity contribution in [2.75, 3.05) is 0 Å². The van der Waals surface area contributed by atoms with Crippen molar-refractivity contribution in [2.45, 2.75) is 19.3 Å². The van der Waals surface area contributed by atoms with Crippen LogP contribution < -0.4 is 0 Å². The van der Waals surface area contributed by atoms with Crippen LogP contribution in [0.3, 0.4) is 0 Å². The van der Waals surface area contributed by atoms with E-state index in [9.17, 15) is 14.3 Å². The molecule has 0 aliphatic heterocycles. The second kappa shape index (κ2) is 9.96. The van der Waals surface area contributed by atoms with Gasteiger partial charge in [-0.15, -0.1) is 0 Å². The second-order valence-corrected chi connectivity index (χ2v) is 9.44. The van der Waals surface area contributed by atoms with E-state index < -0.39 is 17.7 Å². The third-order valence-corrected chi connectivity index (χ3v) is 6.63. The van der Waals surface area contributed by atoms with Gasteiger partial charge in [-0.25, -0.2) is 9.07 Å². The molecular formula is C25H17Cl4FN2O2. The number of aromatic nitrogens is 2. The fourth-order valence-electron chi connectivity index (χ4n) is 3.70. The molecule has 4 nitrogen and oxygen atoms in total. The Kier molecular flexibility index (Phi) is 7.20. The zero-order valence-electron chi connectivity index (χ0n) is 17.7. The average Bonchev–Trinajstić information content (AvgIpc) is 3.19. The molecule has 34 heavy (non-hydrogen) atoms. The summed E-state index contributed by atoms with van der Waals surface area (Å²) >= 11 is 24.8. The number of nitrogens with zero attached hydrogens (tertiary/aromatic N) is 2. The smallest absolute Gasteiger partial charge is 0.311 e. The van der Waals surface area contributed by atoms with Gasteiger partial charge < -0.3 is 5.11 Å². The average molecular weight is 538 g/mol. The number of carbonyl (C=O) groups is 1. The molecule has 0 saturated carbocycles. The highest BCUT2D eigenvalue weighted by molar-refractivity contribution is 6.42. The molecule has 174 valence electrons. The van der Waals surface area contributed by atoms with Crippen LogP contribution in [0.4, 0.5) is 4.39 Å². The fraction of sp³-hybridized carbons (Fsp3) is 0.120. The third kappa shape index (κ3) is 5.08. The number of aryl methyl sites for hydroxylation is 1. The molecule has 0 bridgehead atoms. The maximum absolute atomic E-state index is 14.5. The van der Waals surface area contributed by atoms with Gasteiger partial charge in [0.05, 0.1) is 38.1 Å². The van der Waals surface area contributed by atoms with Gasteiger partial charge >= 0.3 is 5.97 Å². The lowest BCUT2D eigenvalue weighted by Gasteiger charge is -2.13. The Morgan fingerprint density at radius 2 is 1.74 bits per heavy atom. The van der Waals surface area contributed by atoms with E-state index in [1.807, 2.05) is 0 Å². The van der Waals surface area contributed by atoms with E-state index in [1.54, 1.807) is 66.2 Å². The Labute approximate surface area is 215 Å². The molecule has 9 heteroatoms. The summed E-state index contributed by atoms with van der Waals surface area (Å²) in [6.45, 7) is 1.78. The van der Waals surface area contributed by atoms with Crippen molar-refractivity contribution in [1.29, 1.82) is 0 Å². The lowest BCUT2D eigenvalue weighted by Crippen LogP contribution is -2.16. The van der Waals surface area contributed by atoms with Crippen LogP contribution >= 0.6 is 46.4 Å². The highest BCUT2D eigenvalue weighted by Gasteiger charge is 2.26. The molecule has 4 aromatic rings. The van der Waals surface area contributed by atoms with Gasteiger partial charge in [0.2, 0.25) is 0 Å². The van der Waals surface area contributed by atoms with Crippen LogP contribution in [0, 0.1) is 12.7 Å². The van der Waals surface area contributed by atoms with Crippen LogP contribution in [-0.4, -0.2) is 20.9 Å². The summed E-state index contributed by atoms with van der Waals surface area (Å²) in [5, 5.41) is 16.1. The summed E-state index contributed by atoms with van der Waals surface area (Å²) in [7, 11) is 0. The Bertz CT molecular complexity index is 1400. The third-order valence-electron chi connectivity index (χ3n) is 5.35. The van der Waals surface area contributed by atoms with Crippen molar-refractivity contribution in [3.05, 3.63) is 103 Å². The van der Waals surface area contributed by atoms with Crippen molar-refractivity contribution < 1.29 is 14.3 Å². The van der Waals surface area contributed by atoms with E-state index in [0.29, 0.717) is 42.7 Å². The summed E-state index contributed by atoms with van der Waals surface area (Å²) in [4.78, 5) is 12.1. The highest BCUT2D eigenvalue weighted by atomic mass is 35.5. The molecule has 0 spiro atoms. The van der Waals surface area contributed by atoms with Crippen molar-refractivity contribution in [3.8, 4) is 16.9 Å². The van der Waals surface area contributed by atoms with Crippen LogP contribution in [0.15, 0.2) is 60.7 Å². The summed E-state index contributed by atoms with van der Waals surface area (Å²) in [5.74, 6) is -2.87. The zero-order chi connectivity index (χ0) is 24.6. The maximum atomic E-state index is 14.5. The quantitative estimate of drug-likeness (QED) is 0.271. The molecule has 0 saturated heterocycles. The lowest BCUT2D eigenvalue weighted by molar-refractivity contribution is -0.138.